The molecule has 5 nitrogen and oxygen atoms in total. The van der Waals surface area contributed by atoms with E-state index in [-0.39, 0.29) is 21.7 Å². The largest absolute Gasteiger partial charge is 0.496 e. The summed E-state index contributed by atoms with van der Waals surface area (Å²) in [4.78, 5) is 0. The molecule has 0 heterocycles. The molecule has 5 rings (SSSR count). The van der Waals surface area contributed by atoms with E-state index in [1.165, 1.54) is 22.3 Å². The van der Waals surface area contributed by atoms with E-state index in [0.717, 1.165) is 67.5 Å². The van der Waals surface area contributed by atoms with Crippen molar-refractivity contribution >= 4 is 0 Å². The molecule has 298 valence electrons. The van der Waals surface area contributed by atoms with Crippen LogP contribution in [0.3, 0.4) is 0 Å². The zero-order valence-electron chi connectivity index (χ0n) is 37.1. The summed E-state index contributed by atoms with van der Waals surface area (Å²) < 4.78 is 32.7. The predicted molar refractivity (Wildman–Crippen MR) is 229 cm³/mol. The Morgan fingerprint density at radius 1 is 0.400 bits per heavy atom. The Labute approximate surface area is 333 Å². The van der Waals surface area contributed by atoms with Gasteiger partial charge in [0, 0.05) is 37.0 Å². The van der Waals surface area contributed by atoms with E-state index in [0.29, 0.717) is 25.9 Å². The Balaban J connectivity index is 2.04. The minimum absolute atomic E-state index is 0.0915. The van der Waals surface area contributed by atoms with Crippen molar-refractivity contribution in [3.63, 3.8) is 0 Å². The van der Waals surface area contributed by atoms with E-state index in [1.54, 1.807) is 28.4 Å². The zero-order chi connectivity index (χ0) is 40.8. The highest BCUT2D eigenvalue weighted by Crippen LogP contribution is 2.47. The van der Waals surface area contributed by atoms with E-state index in [2.05, 4.69) is 139 Å². The second-order valence-electron chi connectivity index (χ2n) is 19.5. The Morgan fingerprint density at radius 2 is 0.636 bits per heavy atom. The highest BCUT2D eigenvalue weighted by atomic mass is 16.5. The van der Waals surface area contributed by atoms with Crippen LogP contribution in [0, 0.1) is 0 Å². The average Bonchev–Trinajstić information content (AvgIpc) is 3.07. The molecule has 0 saturated carbocycles. The van der Waals surface area contributed by atoms with Gasteiger partial charge in [-0.3, -0.25) is 0 Å². The minimum Gasteiger partial charge on any atom is -0.496 e. The maximum absolute atomic E-state index is 6.88. The van der Waals surface area contributed by atoms with Gasteiger partial charge in [-0.2, -0.15) is 0 Å². The van der Waals surface area contributed by atoms with Crippen molar-refractivity contribution in [1.29, 1.82) is 0 Å². The van der Waals surface area contributed by atoms with Gasteiger partial charge in [0.15, 0.2) is 0 Å². The summed E-state index contributed by atoms with van der Waals surface area (Å²) >= 11 is 0. The van der Waals surface area contributed by atoms with Gasteiger partial charge in [0.1, 0.15) is 29.1 Å². The van der Waals surface area contributed by atoms with E-state index in [1.807, 2.05) is 0 Å². The molecule has 0 radical (unpaired) electrons. The van der Waals surface area contributed by atoms with Gasteiger partial charge in [-0.15, -0.1) is 0 Å². The summed E-state index contributed by atoms with van der Waals surface area (Å²) in [5.41, 5.74) is 13.2. The average molecular weight is 749 g/mol. The number of fused-ring (bicyclic) bond motifs is 8. The topological polar surface area (TPSA) is 46.2 Å². The first-order chi connectivity index (χ1) is 25.5. The van der Waals surface area contributed by atoms with Crippen molar-refractivity contribution in [3.8, 4) is 23.0 Å². The lowest BCUT2D eigenvalue weighted by Gasteiger charge is -2.31. The van der Waals surface area contributed by atoms with Gasteiger partial charge in [0.2, 0.25) is 0 Å². The van der Waals surface area contributed by atoms with Crippen LogP contribution >= 0.6 is 0 Å². The standard InChI is InChI=1S/C50H68O5/c1-18-55-46-40-28-38(49(8,9)10)26-34(44(40)53-16)20-32-24-36(47(2,3)4)22-30(42(32)51-14)19-31-23-37(48(5,6)7)25-33(43(31)52-15)21-35-27-39(50(11,12)13)29-41(46)45(35)54-17/h22-29,46H,18-21H2,1-17H3. The Morgan fingerprint density at radius 3 is 0.855 bits per heavy atom. The Hall–Kier alpha value is -3.96. The second-order valence-corrected chi connectivity index (χ2v) is 19.5. The van der Waals surface area contributed by atoms with Crippen molar-refractivity contribution in [2.75, 3.05) is 35.0 Å². The Bertz CT molecular complexity index is 1880. The lowest BCUT2D eigenvalue weighted by molar-refractivity contribution is 0.0870. The third-order valence-corrected chi connectivity index (χ3v) is 11.2. The first-order valence-electron chi connectivity index (χ1n) is 20.0. The molecule has 0 aliphatic heterocycles. The molecule has 0 unspecified atom stereocenters. The van der Waals surface area contributed by atoms with Crippen molar-refractivity contribution in [1.82, 2.24) is 0 Å². The van der Waals surface area contributed by atoms with Crippen molar-refractivity contribution in [2.24, 2.45) is 0 Å². The van der Waals surface area contributed by atoms with Gasteiger partial charge in [-0.1, -0.05) is 119 Å². The van der Waals surface area contributed by atoms with Crippen LogP contribution in [0.5, 0.6) is 23.0 Å². The van der Waals surface area contributed by atoms with Gasteiger partial charge in [-0.05, 0) is 96.4 Å². The van der Waals surface area contributed by atoms with Crippen LogP contribution in [0.15, 0.2) is 48.5 Å². The first-order valence-corrected chi connectivity index (χ1v) is 20.0. The molecule has 0 spiro atoms. The fraction of sp³-hybridized carbons (Fsp3) is 0.520. The van der Waals surface area contributed by atoms with Crippen LogP contribution in [0.1, 0.15) is 163 Å². The maximum atomic E-state index is 6.88. The van der Waals surface area contributed by atoms with Gasteiger partial charge in [-0.25, -0.2) is 0 Å². The molecule has 0 aromatic heterocycles. The number of rotatable bonds is 6. The van der Waals surface area contributed by atoms with Crippen LogP contribution in [-0.4, -0.2) is 35.0 Å². The third-order valence-electron chi connectivity index (χ3n) is 11.2. The van der Waals surface area contributed by atoms with Crippen LogP contribution in [0.25, 0.3) is 0 Å². The minimum atomic E-state index is -0.457. The lowest BCUT2D eigenvalue weighted by Crippen LogP contribution is -2.19. The molecule has 0 N–H and O–H groups in total. The zero-order valence-corrected chi connectivity index (χ0v) is 37.1. The summed E-state index contributed by atoms with van der Waals surface area (Å²) in [5.74, 6) is 3.46. The molecule has 4 aromatic rings. The fourth-order valence-electron chi connectivity index (χ4n) is 8.00. The number of methoxy groups -OCH3 is 4. The van der Waals surface area contributed by atoms with E-state index in [4.69, 9.17) is 23.7 Å². The molecular weight excluding hydrogens is 681 g/mol. The summed E-state index contributed by atoms with van der Waals surface area (Å²) in [7, 11) is 7.18. The highest BCUT2D eigenvalue weighted by molar-refractivity contribution is 5.60. The van der Waals surface area contributed by atoms with E-state index >= 15 is 0 Å². The molecule has 1 aliphatic carbocycles. The van der Waals surface area contributed by atoms with Gasteiger partial charge in [0.05, 0.1) is 28.4 Å². The molecule has 0 saturated heterocycles. The van der Waals surface area contributed by atoms with Crippen molar-refractivity contribution < 1.29 is 23.7 Å². The molecule has 0 amide bonds. The van der Waals surface area contributed by atoms with Gasteiger partial charge >= 0.3 is 0 Å². The molecular formula is C50H68O5. The summed E-state index contributed by atoms with van der Waals surface area (Å²) in [6.07, 6.45) is 1.44. The fourth-order valence-corrected chi connectivity index (χ4v) is 8.00. The summed E-state index contributed by atoms with van der Waals surface area (Å²) in [5, 5.41) is 0. The molecule has 4 aromatic carbocycles. The normalized spacial score (nSPS) is 14.1. The maximum Gasteiger partial charge on any atom is 0.128 e. The molecule has 8 bridgehead atoms. The summed E-state index contributed by atoms with van der Waals surface area (Å²) in [6, 6.07) is 18.6. The van der Waals surface area contributed by atoms with Gasteiger partial charge in [0.25, 0.3) is 0 Å². The molecule has 5 heteroatoms. The SMILES string of the molecule is CCOC1c2cc(C(C)(C)C)cc(c2OC)Cc2cc(C(C)(C)C)cc(c2OC)Cc2cc(C(C)(C)C)cc(c2OC)Cc2cc(C(C)(C)C)cc1c2OC. The van der Waals surface area contributed by atoms with Crippen LogP contribution in [0.4, 0.5) is 0 Å². The van der Waals surface area contributed by atoms with Gasteiger partial charge < -0.3 is 23.7 Å². The highest BCUT2D eigenvalue weighted by Gasteiger charge is 2.32. The van der Waals surface area contributed by atoms with Crippen LogP contribution < -0.4 is 18.9 Å². The van der Waals surface area contributed by atoms with E-state index in [9.17, 15) is 0 Å². The van der Waals surface area contributed by atoms with Crippen molar-refractivity contribution in [3.05, 3.63) is 115 Å². The molecule has 1 aliphatic rings. The second kappa shape index (κ2) is 15.5. The van der Waals surface area contributed by atoms with Crippen molar-refractivity contribution in [2.45, 2.75) is 137 Å². The molecule has 0 atom stereocenters. The molecule has 55 heavy (non-hydrogen) atoms. The smallest absolute Gasteiger partial charge is 0.128 e. The predicted octanol–water partition coefficient (Wildman–Crippen LogP) is 12.1. The molecule has 0 fully saturated rings. The van der Waals surface area contributed by atoms with Crippen LogP contribution in [-0.2, 0) is 45.7 Å². The van der Waals surface area contributed by atoms with E-state index < -0.39 is 6.10 Å². The lowest BCUT2D eigenvalue weighted by atomic mass is 9.78. The number of ether oxygens (including phenoxy) is 5. The third kappa shape index (κ3) is 8.73. The first kappa shape index (κ1) is 42.2. The quantitative estimate of drug-likeness (QED) is 0.196. The number of hydrogen-bond donors (Lipinski definition) is 0. The monoisotopic (exact) mass is 749 g/mol. The summed E-state index contributed by atoms with van der Waals surface area (Å²) in [6.45, 7) is 29.9. The Kier molecular flexibility index (Phi) is 11.9. The number of benzene rings is 4. The number of hydrogen-bond acceptors (Lipinski definition) is 5. The van der Waals surface area contributed by atoms with Crippen LogP contribution in [0.2, 0.25) is 0 Å².